The van der Waals surface area contributed by atoms with Gasteiger partial charge in [0.2, 0.25) is 0 Å². The standard InChI is InChI=1S/C50H102O5/c1-3-5-7-9-11-13-15-17-19-21-23-25-27-29-31-33-35-37-39-41-43-49(53,45-51)47-55-48-50(54,46-52)44-42-40-38-36-34-32-30-28-26-24-22-20-18-16-14-12-10-8-6-4-2/h51-54H,3-48H2,1-2H3. The lowest BCUT2D eigenvalue weighted by atomic mass is 9.95. The Kier molecular flexibility index (Phi) is 43.2. The van der Waals surface area contributed by atoms with E-state index in [4.69, 9.17) is 4.74 Å². The number of hydrogen-bond donors (Lipinski definition) is 4. The molecular weight excluding hydrogens is 681 g/mol. The normalized spacial score (nSPS) is 14.1. The van der Waals surface area contributed by atoms with E-state index in [-0.39, 0.29) is 26.4 Å². The van der Waals surface area contributed by atoms with E-state index in [1.807, 2.05) is 0 Å². The number of hydrogen-bond acceptors (Lipinski definition) is 5. The van der Waals surface area contributed by atoms with E-state index in [2.05, 4.69) is 13.8 Å². The third-order valence-electron chi connectivity index (χ3n) is 12.3. The second kappa shape index (κ2) is 43.4. The highest BCUT2D eigenvalue weighted by Gasteiger charge is 2.30. The molecule has 55 heavy (non-hydrogen) atoms. The van der Waals surface area contributed by atoms with E-state index >= 15 is 0 Å². The van der Waals surface area contributed by atoms with Gasteiger partial charge in [0, 0.05) is 0 Å². The van der Waals surface area contributed by atoms with Crippen LogP contribution >= 0.6 is 0 Å². The molecule has 0 saturated heterocycles. The van der Waals surface area contributed by atoms with Crippen molar-refractivity contribution in [3.05, 3.63) is 0 Å². The van der Waals surface area contributed by atoms with E-state index in [0.29, 0.717) is 12.8 Å². The molecule has 5 nitrogen and oxygen atoms in total. The molecule has 2 unspecified atom stereocenters. The third-order valence-corrected chi connectivity index (χ3v) is 12.3. The first-order valence-corrected chi connectivity index (χ1v) is 25.2. The van der Waals surface area contributed by atoms with Gasteiger partial charge in [-0.3, -0.25) is 0 Å². The molecule has 0 aromatic carbocycles. The van der Waals surface area contributed by atoms with E-state index in [0.717, 1.165) is 25.7 Å². The molecule has 0 radical (unpaired) electrons. The molecule has 0 aromatic rings. The van der Waals surface area contributed by atoms with Gasteiger partial charge < -0.3 is 25.2 Å². The molecule has 0 amide bonds. The first kappa shape index (κ1) is 54.8. The molecule has 0 fully saturated rings. The predicted molar refractivity (Wildman–Crippen MR) is 240 cm³/mol. The number of aliphatic hydroxyl groups is 4. The molecule has 0 aliphatic heterocycles. The summed E-state index contributed by atoms with van der Waals surface area (Å²) in [5.41, 5.74) is -2.56. The summed E-state index contributed by atoms with van der Waals surface area (Å²) < 4.78 is 5.71. The molecule has 0 saturated carbocycles. The van der Waals surface area contributed by atoms with Gasteiger partial charge in [-0.2, -0.15) is 0 Å². The fraction of sp³-hybridized carbons (Fsp3) is 1.00. The van der Waals surface area contributed by atoms with Crippen LogP contribution in [0.25, 0.3) is 0 Å². The van der Waals surface area contributed by atoms with Gasteiger partial charge in [0.25, 0.3) is 0 Å². The van der Waals surface area contributed by atoms with Crippen LogP contribution in [0.15, 0.2) is 0 Å². The average Bonchev–Trinajstić information content (AvgIpc) is 3.19. The van der Waals surface area contributed by atoms with Crippen LogP contribution in [-0.4, -0.2) is 58.1 Å². The summed E-state index contributed by atoms with van der Waals surface area (Å²) in [7, 11) is 0. The van der Waals surface area contributed by atoms with Gasteiger partial charge in [0.05, 0.1) is 26.4 Å². The zero-order valence-corrected chi connectivity index (χ0v) is 37.7. The van der Waals surface area contributed by atoms with Crippen LogP contribution < -0.4 is 0 Å². The minimum Gasteiger partial charge on any atom is -0.393 e. The largest absolute Gasteiger partial charge is 0.393 e. The SMILES string of the molecule is CCCCCCCCCCCCCCCCCCCCCCC(O)(CO)COCC(O)(CO)CCCCCCCCCCCCCCCCCCCCCC. The summed E-state index contributed by atoms with van der Waals surface area (Å²) in [6.45, 7) is 3.87. The lowest BCUT2D eigenvalue weighted by molar-refractivity contribution is -0.129. The smallest absolute Gasteiger partial charge is 0.111 e. The third kappa shape index (κ3) is 40.4. The van der Waals surface area contributed by atoms with Crippen molar-refractivity contribution >= 4 is 0 Å². The summed E-state index contributed by atoms with van der Waals surface area (Å²) in [4.78, 5) is 0. The highest BCUT2D eigenvalue weighted by atomic mass is 16.5. The minimum atomic E-state index is -1.28. The fourth-order valence-corrected chi connectivity index (χ4v) is 8.24. The maximum Gasteiger partial charge on any atom is 0.111 e. The summed E-state index contributed by atoms with van der Waals surface area (Å²) in [6, 6.07) is 0. The number of rotatable bonds is 48. The number of aliphatic hydroxyl groups excluding tert-OH is 2. The van der Waals surface area contributed by atoms with Gasteiger partial charge in [0.1, 0.15) is 11.2 Å². The zero-order valence-electron chi connectivity index (χ0n) is 37.7. The van der Waals surface area contributed by atoms with Crippen LogP contribution in [-0.2, 0) is 4.74 Å². The Hall–Kier alpha value is -0.200. The number of unbranched alkanes of at least 4 members (excludes halogenated alkanes) is 38. The van der Waals surface area contributed by atoms with Crippen LogP contribution in [0.2, 0.25) is 0 Å². The summed E-state index contributed by atoms with van der Waals surface area (Å²) in [6.07, 6.45) is 54.5. The molecule has 2 atom stereocenters. The van der Waals surface area contributed by atoms with Crippen molar-refractivity contribution in [2.45, 2.75) is 295 Å². The van der Waals surface area contributed by atoms with E-state index in [1.165, 1.54) is 231 Å². The molecule has 5 heteroatoms. The Balaban J connectivity index is 3.63. The van der Waals surface area contributed by atoms with Crippen molar-refractivity contribution in [3.63, 3.8) is 0 Å². The van der Waals surface area contributed by atoms with E-state index in [1.54, 1.807) is 0 Å². The van der Waals surface area contributed by atoms with Gasteiger partial charge in [-0.1, -0.05) is 271 Å². The van der Waals surface area contributed by atoms with Gasteiger partial charge in [-0.05, 0) is 12.8 Å². The van der Waals surface area contributed by atoms with Gasteiger partial charge in [-0.25, -0.2) is 0 Å². The Morgan fingerprint density at radius 2 is 0.436 bits per heavy atom. The lowest BCUT2D eigenvalue weighted by Crippen LogP contribution is -2.43. The predicted octanol–water partition coefficient (Wildman–Crippen LogP) is 14.9. The van der Waals surface area contributed by atoms with Crippen molar-refractivity contribution in [1.82, 2.24) is 0 Å². The number of ether oxygens (including phenoxy) is 1. The summed E-state index contributed by atoms with van der Waals surface area (Å²) in [5.74, 6) is 0. The van der Waals surface area contributed by atoms with Crippen LogP contribution in [0.5, 0.6) is 0 Å². The first-order valence-electron chi connectivity index (χ1n) is 25.2. The maximum absolute atomic E-state index is 10.9. The van der Waals surface area contributed by atoms with Crippen molar-refractivity contribution in [1.29, 1.82) is 0 Å². The Morgan fingerprint density at radius 1 is 0.273 bits per heavy atom. The molecule has 332 valence electrons. The molecule has 0 spiro atoms. The topological polar surface area (TPSA) is 90.2 Å². The maximum atomic E-state index is 10.9. The molecule has 0 aromatic heterocycles. The van der Waals surface area contributed by atoms with Crippen molar-refractivity contribution in [2.75, 3.05) is 26.4 Å². The van der Waals surface area contributed by atoms with Gasteiger partial charge >= 0.3 is 0 Å². The molecule has 0 bridgehead atoms. The van der Waals surface area contributed by atoms with E-state index in [9.17, 15) is 20.4 Å². The van der Waals surface area contributed by atoms with Crippen LogP contribution in [0.1, 0.15) is 284 Å². The summed E-state index contributed by atoms with van der Waals surface area (Å²) in [5, 5.41) is 41.5. The van der Waals surface area contributed by atoms with Crippen LogP contribution in [0.4, 0.5) is 0 Å². The molecule has 4 N–H and O–H groups in total. The Morgan fingerprint density at radius 3 is 0.600 bits per heavy atom. The minimum absolute atomic E-state index is 0.00973. The quantitative estimate of drug-likeness (QED) is 0.0462. The highest BCUT2D eigenvalue weighted by molar-refractivity contribution is 4.81. The zero-order chi connectivity index (χ0) is 40.2. The monoisotopic (exact) mass is 783 g/mol. The molecule has 0 aliphatic rings. The first-order chi connectivity index (χ1) is 26.9. The Labute approximate surface area is 345 Å². The molecule has 0 rings (SSSR count). The molecule has 0 heterocycles. The van der Waals surface area contributed by atoms with E-state index < -0.39 is 11.2 Å². The Bertz CT molecular complexity index is 660. The van der Waals surface area contributed by atoms with Crippen molar-refractivity contribution in [3.8, 4) is 0 Å². The van der Waals surface area contributed by atoms with Crippen molar-refractivity contribution in [2.24, 2.45) is 0 Å². The van der Waals surface area contributed by atoms with Crippen LogP contribution in [0.3, 0.4) is 0 Å². The summed E-state index contributed by atoms with van der Waals surface area (Å²) >= 11 is 0. The second-order valence-electron chi connectivity index (χ2n) is 18.2. The average molecular weight is 783 g/mol. The fourth-order valence-electron chi connectivity index (χ4n) is 8.24. The molecular formula is C50H102O5. The molecule has 0 aliphatic carbocycles. The van der Waals surface area contributed by atoms with Crippen LogP contribution in [0, 0.1) is 0 Å². The van der Waals surface area contributed by atoms with Gasteiger partial charge in [-0.15, -0.1) is 0 Å². The lowest BCUT2D eigenvalue weighted by Gasteiger charge is -2.30. The highest BCUT2D eigenvalue weighted by Crippen LogP contribution is 2.22. The van der Waals surface area contributed by atoms with Crippen molar-refractivity contribution < 1.29 is 25.2 Å². The van der Waals surface area contributed by atoms with Gasteiger partial charge in [0.15, 0.2) is 0 Å². The second-order valence-corrected chi connectivity index (χ2v) is 18.2.